The van der Waals surface area contributed by atoms with E-state index in [0.29, 0.717) is 47.5 Å². The molecule has 1 aromatic heterocycles. The van der Waals surface area contributed by atoms with Crippen molar-refractivity contribution < 1.29 is 22.8 Å². The number of piperazine rings is 1. The minimum absolute atomic E-state index is 0.0894. The van der Waals surface area contributed by atoms with Crippen LogP contribution in [0.5, 0.6) is 0 Å². The molecule has 0 saturated carbocycles. The summed E-state index contributed by atoms with van der Waals surface area (Å²) in [6, 6.07) is 8.63. The summed E-state index contributed by atoms with van der Waals surface area (Å²) in [5.41, 5.74) is 1.89. The zero-order valence-corrected chi connectivity index (χ0v) is 17.3. The molecular formula is C20H19N4O6S-. The monoisotopic (exact) mass is 443 g/mol. The maximum Gasteiger partial charge on any atom is 0.417 e. The standard InChI is InChI=1S/C20H20N4O6S/c1-11(25)24-7-6-21-16(10-24)14-9-13(3-5-18(14)31(28)29)22-19(26)12-2-4-17-15(8-12)23-20(27)30-17/h2-5,8-9,16,21H,6-7,10H2,1H3,(H,22,26)(H,23,27)(H,28,29)/p-1. The number of oxazole rings is 1. The predicted molar refractivity (Wildman–Crippen MR) is 111 cm³/mol. The zero-order valence-electron chi connectivity index (χ0n) is 16.5. The molecule has 162 valence electrons. The van der Waals surface area contributed by atoms with Crippen molar-refractivity contribution in [2.24, 2.45) is 0 Å². The van der Waals surface area contributed by atoms with Crippen LogP contribution in [0.25, 0.3) is 11.1 Å². The average molecular weight is 443 g/mol. The Balaban J connectivity index is 1.61. The lowest BCUT2D eigenvalue weighted by molar-refractivity contribution is -0.130. The van der Waals surface area contributed by atoms with Gasteiger partial charge in [0.25, 0.3) is 5.91 Å². The number of hydrogen-bond acceptors (Lipinski definition) is 7. The first-order chi connectivity index (χ1) is 14.8. The Morgan fingerprint density at radius 3 is 2.81 bits per heavy atom. The number of carbonyl (C=O) groups is 2. The molecule has 0 spiro atoms. The molecule has 11 heteroatoms. The van der Waals surface area contributed by atoms with E-state index >= 15 is 0 Å². The Morgan fingerprint density at radius 2 is 2.06 bits per heavy atom. The second-order valence-electron chi connectivity index (χ2n) is 7.14. The van der Waals surface area contributed by atoms with Gasteiger partial charge in [-0.05, 0) is 53.0 Å². The summed E-state index contributed by atoms with van der Waals surface area (Å²) >= 11 is -2.48. The van der Waals surface area contributed by atoms with Gasteiger partial charge in [-0.15, -0.1) is 0 Å². The summed E-state index contributed by atoms with van der Waals surface area (Å²) in [6.45, 7) is 2.85. The second-order valence-corrected chi connectivity index (χ2v) is 8.05. The fourth-order valence-electron chi connectivity index (χ4n) is 3.59. The van der Waals surface area contributed by atoms with Crippen LogP contribution in [-0.2, 0) is 15.9 Å². The quantitative estimate of drug-likeness (QED) is 0.512. The van der Waals surface area contributed by atoms with Gasteiger partial charge in [0.1, 0.15) is 0 Å². The van der Waals surface area contributed by atoms with Gasteiger partial charge in [0.05, 0.1) is 11.6 Å². The lowest BCUT2D eigenvalue weighted by Crippen LogP contribution is -2.47. The molecule has 10 nitrogen and oxygen atoms in total. The molecule has 3 aromatic rings. The van der Waals surface area contributed by atoms with Crippen molar-refractivity contribution in [1.29, 1.82) is 0 Å². The van der Waals surface area contributed by atoms with Gasteiger partial charge in [-0.3, -0.25) is 18.8 Å². The van der Waals surface area contributed by atoms with Crippen LogP contribution in [-0.4, -0.2) is 50.1 Å². The van der Waals surface area contributed by atoms with Crippen LogP contribution in [0.4, 0.5) is 5.69 Å². The third-order valence-electron chi connectivity index (χ3n) is 5.12. The SMILES string of the molecule is CC(=O)N1CCNC(c2cc(NC(=O)c3ccc4oc(=O)[nH]c4c3)ccc2S(=O)[O-])C1. The Labute approximate surface area is 178 Å². The number of carbonyl (C=O) groups excluding carboxylic acids is 2. The predicted octanol–water partition coefficient (Wildman–Crippen LogP) is 1.10. The molecule has 2 atom stereocenters. The number of nitrogens with one attached hydrogen (secondary N) is 3. The maximum absolute atomic E-state index is 12.7. The van der Waals surface area contributed by atoms with Gasteiger partial charge in [0.2, 0.25) is 5.91 Å². The number of H-pyrrole nitrogens is 1. The molecule has 1 aliphatic heterocycles. The van der Waals surface area contributed by atoms with Gasteiger partial charge in [-0.1, -0.05) is 0 Å². The first-order valence-electron chi connectivity index (χ1n) is 9.48. The highest BCUT2D eigenvalue weighted by Crippen LogP contribution is 2.27. The highest BCUT2D eigenvalue weighted by molar-refractivity contribution is 7.79. The highest BCUT2D eigenvalue weighted by Gasteiger charge is 2.25. The fraction of sp³-hybridized carbons (Fsp3) is 0.250. The van der Waals surface area contributed by atoms with E-state index in [0.717, 1.165) is 0 Å². The van der Waals surface area contributed by atoms with E-state index in [2.05, 4.69) is 15.6 Å². The van der Waals surface area contributed by atoms with Crippen molar-refractivity contribution in [1.82, 2.24) is 15.2 Å². The van der Waals surface area contributed by atoms with Crippen molar-refractivity contribution in [3.63, 3.8) is 0 Å². The van der Waals surface area contributed by atoms with Gasteiger partial charge in [-0.25, -0.2) is 4.79 Å². The minimum atomic E-state index is -2.48. The summed E-state index contributed by atoms with van der Waals surface area (Å²) in [5.74, 6) is -1.14. The zero-order chi connectivity index (χ0) is 22.1. The van der Waals surface area contributed by atoms with Crippen LogP contribution in [0.15, 0.2) is 50.5 Å². The Hall–Kier alpha value is -3.28. The summed E-state index contributed by atoms with van der Waals surface area (Å²) in [7, 11) is 0. The van der Waals surface area contributed by atoms with E-state index in [9.17, 15) is 23.1 Å². The van der Waals surface area contributed by atoms with E-state index < -0.39 is 28.8 Å². The van der Waals surface area contributed by atoms with Crippen LogP contribution in [0, 0.1) is 0 Å². The van der Waals surface area contributed by atoms with Crippen molar-refractivity contribution in [3.8, 4) is 0 Å². The van der Waals surface area contributed by atoms with Crippen LogP contribution in [0.2, 0.25) is 0 Å². The number of benzene rings is 2. The van der Waals surface area contributed by atoms with Gasteiger partial charge < -0.3 is 24.5 Å². The van der Waals surface area contributed by atoms with E-state index in [-0.39, 0.29) is 10.8 Å². The van der Waals surface area contributed by atoms with Crippen molar-refractivity contribution >= 4 is 39.7 Å². The number of rotatable bonds is 4. The molecule has 1 saturated heterocycles. The molecule has 3 N–H and O–H groups in total. The summed E-state index contributed by atoms with van der Waals surface area (Å²) < 4.78 is 28.4. The van der Waals surface area contributed by atoms with Gasteiger partial charge in [0, 0.05) is 42.7 Å². The smallest absolute Gasteiger partial charge is 0.417 e. The molecule has 0 aliphatic carbocycles. The number of aromatic amines is 1. The van der Waals surface area contributed by atoms with Gasteiger partial charge in [-0.2, -0.15) is 0 Å². The van der Waals surface area contributed by atoms with Crippen molar-refractivity contribution in [2.75, 3.05) is 25.0 Å². The molecule has 0 radical (unpaired) electrons. The molecule has 2 aromatic carbocycles. The summed E-state index contributed by atoms with van der Waals surface area (Å²) in [4.78, 5) is 40.0. The topological polar surface area (TPSA) is 148 Å². The first-order valence-corrected chi connectivity index (χ1v) is 10.6. The molecule has 0 bridgehead atoms. The largest absolute Gasteiger partial charge is 0.768 e. The second kappa shape index (κ2) is 8.46. The van der Waals surface area contributed by atoms with Gasteiger partial charge >= 0.3 is 5.76 Å². The van der Waals surface area contributed by atoms with Crippen molar-refractivity contribution in [3.05, 3.63) is 58.1 Å². The van der Waals surface area contributed by atoms with Gasteiger partial charge in [0.15, 0.2) is 5.58 Å². The Morgan fingerprint density at radius 1 is 1.26 bits per heavy atom. The summed E-state index contributed by atoms with van der Waals surface area (Å²) in [5, 5.41) is 5.96. The molecule has 1 aliphatic rings. The molecule has 2 unspecified atom stereocenters. The lowest BCUT2D eigenvalue weighted by Gasteiger charge is -2.34. The molecule has 2 amide bonds. The number of aromatic nitrogens is 1. The van der Waals surface area contributed by atoms with Crippen LogP contribution < -0.4 is 16.4 Å². The lowest BCUT2D eigenvalue weighted by atomic mass is 10.0. The van der Waals surface area contributed by atoms with Crippen LogP contribution in [0.1, 0.15) is 28.9 Å². The average Bonchev–Trinajstić information content (AvgIpc) is 3.12. The fourth-order valence-corrected chi connectivity index (χ4v) is 4.16. The number of hydrogen-bond donors (Lipinski definition) is 3. The first kappa shape index (κ1) is 21.0. The van der Waals surface area contributed by atoms with E-state index in [1.54, 1.807) is 11.0 Å². The number of amides is 2. The number of anilines is 1. The molecule has 31 heavy (non-hydrogen) atoms. The van der Waals surface area contributed by atoms with E-state index in [1.807, 2.05) is 0 Å². The molecule has 1 fully saturated rings. The third kappa shape index (κ3) is 4.43. The van der Waals surface area contributed by atoms with E-state index in [4.69, 9.17) is 4.42 Å². The van der Waals surface area contributed by atoms with Crippen LogP contribution >= 0.6 is 0 Å². The van der Waals surface area contributed by atoms with Crippen LogP contribution in [0.3, 0.4) is 0 Å². The maximum atomic E-state index is 12.7. The highest BCUT2D eigenvalue weighted by atomic mass is 32.2. The van der Waals surface area contributed by atoms with E-state index in [1.165, 1.54) is 37.3 Å². The molecule has 2 heterocycles. The Bertz CT molecular complexity index is 1250. The normalized spacial score (nSPS) is 17.5. The summed E-state index contributed by atoms with van der Waals surface area (Å²) in [6.07, 6.45) is 0. The minimum Gasteiger partial charge on any atom is -0.768 e. The third-order valence-corrected chi connectivity index (χ3v) is 5.86. The number of nitrogens with zero attached hydrogens (tertiary/aromatic N) is 1. The Kier molecular flexibility index (Phi) is 5.72. The number of fused-ring (bicyclic) bond motifs is 1. The van der Waals surface area contributed by atoms with Crippen molar-refractivity contribution in [2.45, 2.75) is 17.9 Å². The molecule has 4 rings (SSSR count). The molecular weight excluding hydrogens is 424 g/mol.